The minimum absolute atomic E-state index is 0.190. The van der Waals surface area contributed by atoms with Crippen molar-refractivity contribution in [3.05, 3.63) is 54.5 Å². The number of pyridine rings is 1. The number of para-hydroxylation sites is 1. The number of piperidine rings is 1. The molecule has 0 atom stereocenters. The van der Waals surface area contributed by atoms with Crippen LogP contribution < -0.4 is 15.4 Å². The van der Waals surface area contributed by atoms with Crippen molar-refractivity contribution in [1.29, 1.82) is 0 Å². The summed E-state index contributed by atoms with van der Waals surface area (Å²) in [7, 11) is 0. The monoisotopic (exact) mass is 375 g/mol. The van der Waals surface area contributed by atoms with Gasteiger partial charge in [0.2, 0.25) is 5.88 Å². The van der Waals surface area contributed by atoms with Gasteiger partial charge in [-0.15, -0.1) is 0 Å². The zero-order valence-electron chi connectivity index (χ0n) is 15.8. The molecular weight excluding hydrogens is 350 g/mol. The summed E-state index contributed by atoms with van der Waals surface area (Å²) in [5.41, 5.74) is 2.04. The molecule has 0 spiro atoms. The van der Waals surface area contributed by atoms with E-state index in [0.29, 0.717) is 12.0 Å². The topological polar surface area (TPSA) is 72.0 Å². The van der Waals surface area contributed by atoms with Gasteiger partial charge in [0, 0.05) is 42.6 Å². The van der Waals surface area contributed by atoms with Gasteiger partial charge in [0.15, 0.2) is 0 Å². The molecule has 28 heavy (non-hydrogen) atoms. The van der Waals surface area contributed by atoms with E-state index >= 15 is 0 Å². The molecule has 2 aromatic heterocycles. The number of rotatable bonds is 5. The van der Waals surface area contributed by atoms with E-state index < -0.39 is 0 Å². The zero-order valence-corrected chi connectivity index (χ0v) is 15.8. The summed E-state index contributed by atoms with van der Waals surface area (Å²) in [5, 5.41) is 8.10. The highest BCUT2D eigenvalue weighted by atomic mass is 16.5. The summed E-state index contributed by atoms with van der Waals surface area (Å²) < 4.78 is 6.22. The maximum atomic E-state index is 6.22. The number of ether oxygens (including phenoxy) is 1. The molecule has 3 heterocycles. The molecule has 6 nitrogen and oxygen atoms in total. The van der Waals surface area contributed by atoms with Gasteiger partial charge in [0.25, 0.3) is 0 Å². The number of hydrogen-bond donors (Lipinski definition) is 2. The van der Waals surface area contributed by atoms with Crippen molar-refractivity contribution < 1.29 is 4.74 Å². The van der Waals surface area contributed by atoms with Crippen molar-refractivity contribution in [2.75, 3.05) is 18.4 Å². The number of nitrogens with zero attached hydrogens (tertiary/aromatic N) is 3. The molecule has 1 aliphatic heterocycles. The Morgan fingerprint density at radius 1 is 0.964 bits per heavy atom. The van der Waals surface area contributed by atoms with Gasteiger partial charge in [-0.1, -0.05) is 18.2 Å². The molecule has 2 aliphatic rings. The number of nitrogens with one attached hydrogen (secondary N) is 2. The first-order valence-corrected chi connectivity index (χ1v) is 10.2. The average molecular weight is 375 g/mol. The van der Waals surface area contributed by atoms with Crippen LogP contribution in [0, 0.1) is 0 Å². The number of benzene rings is 1. The molecule has 2 fully saturated rings. The lowest BCUT2D eigenvalue weighted by atomic mass is 9.89. The van der Waals surface area contributed by atoms with E-state index in [0.717, 1.165) is 67.1 Å². The average Bonchev–Trinajstić information content (AvgIpc) is 2.73. The van der Waals surface area contributed by atoms with Crippen LogP contribution in [0.1, 0.15) is 37.3 Å². The Labute approximate surface area is 164 Å². The first-order chi connectivity index (χ1) is 13.8. The standard InChI is InChI=1S/C22H25N5O/c1-2-4-19-15(3-1)5-6-20(27-19)26-17-13-18(14-17)28-22-21(24-11-12-25-22)16-7-9-23-10-8-16/h1-6,11-12,16-18,23H,7-10,13-14H2,(H,26,27)/t17-,18+. The Kier molecular flexibility index (Phi) is 4.79. The van der Waals surface area contributed by atoms with E-state index in [-0.39, 0.29) is 6.10 Å². The van der Waals surface area contributed by atoms with Crippen LogP contribution in [0.15, 0.2) is 48.8 Å². The first kappa shape index (κ1) is 17.4. The molecule has 0 amide bonds. The fourth-order valence-corrected chi connectivity index (χ4v) is 4.10. The van der Waals surface area contributed by atoms with Gasteiger partial charge >= 0.3 is 0 Å². The molecule has 2 N–H and O–H groups in total. The fraction of sp³-hybridized carbons (Fsp3) is 0.409. The van der Waals surface area contributed by atoms with Gasteiger partial charge in [-0.3, -0.25) is 4.98 Å². The van der Waals surface area contributed by atoms with Gasteiger partial charge in [0.05, 0.1) is 5.52 Å². The van der Waals surface area contributed by atoms with Gasteiger partial charge in [-0.2, -0.15) is 0 Å². The molecular formula is C22H25N5O. The maximum absolute atomic E-state index is 6.22. The first-order valence-electron chi connectivity index (χ1n) is 10.2. The third-order valence-corrected chi connectivity index (χ3v) is 5.74. The zero-order chi connectivity index (χ0) is 18.8. The van der Waals surface area contributed by atoms with Gasteiger partial charge < -0.3 is 15.4 Å². The van der Waals surface area contributed by atoms with E-state index in [1.165, 1.54) is 0 Å². The van der Waals surface area contributed by atoms with Crippen LogP contribution in [-0.4, -0.2) is 40.2 Å². The van der Waals surface area contributed by atoms with Gasteiger partial charge in [-0.05, 0) is 44.1 Å². The van der Waals surface area contributed by atoms with Crippen LogP contribution in [0.2, 0.25) is 0 Å². The predicted molar refractivity (Wildman–Crippen MR) is 110 cm³/mol. The van der Waals surface area contributed by atoms with Crippen molar-refractivity contribution in [3.63, 3.8) is 0 Å². The van der Waals surface area contributed by atoms with E-state index in [1.54, 1.807) is 12.4 Å². The third kappa shape index (κ3) is 3.64. The highest BCUT2D eigenvalue weighted by molar-refractivity contribution is 5.80. The molecule has 1 saturated heterocycles. The molecule has 5 rings (SSSR count). The van der Waals surface area contributed by atoms with E-state index in [1.807, 2.05) is 18.2 Å². The molecule has 1 saturated carbocycles. The molecule has 1 aromatic carbocycles. The lowest BCUT2D eigenvalue weighted by molar-refractivity contribution is 0.0997. The second-order valence-corrected chi connectivity index (χ2v) is 7.71. The van der Waals surface area contributed by atoms with Crippen LogP contribution in [0.5, 0.6) is 5.88 Å². The smallest absolute Gasteiger partial charge is 0.236 e. The molecule has 0 bridgehead atoms. The van der Waals surface area contributed by atoms with Gasteiger partial charge in [-0.25, -0.2) is 9.97 Å². The Balaban J connectivity index is 1.19. The molecule has 1 aliphatic carbocycles. The highest BCUT2D eigenvalue weighted by Crippen LogP contribution is 2.33. The number of anilines is 1. The Morgan fingerprint density at radius 2 is 1.79 bits per heavy atom. The number of aromatic nitrogens is 3. The van der Waals surface area contributed by atoms with Crippen molar-refractivity contribution in [2.24, 2.45) is 0 Å². The Hall–Kier alpha value is -2.73. The van der Waals surface area contributed by atoms with Crippen molar-refractivity contribution in [2.45, 2.75) is 43.7 Å². The van der Waals surface area contributed by atoms with Crippen LogP contribution in [0.25, 0.3) is 10.9 Å². The SMILES string of the molecule is c1ccc2nc(N[C@H]3C[C@@H](Oc4nccnc4C4CCNCC4)C3)ccc2c1. The molecule has 3 aromatic rings. The van der Waals surface area contributed by atoms with Crippen LogP contribution in [0.4, 0.5) is 5.82 Å². The summed E-state index contributed by atoms with van der Waals surface area (Å²) in [6, 6.07) is 12.7. The fourth-order valence-electron chi connectivity index (χ4n) is 4.10. The summed E-state index contributed by atoms with van der Waals surface area (Å²) >= 11 is 0. The van der Waals surface area contributed by atoms with Crippen molar-refractivity contribution in [3.8, 4) is 5.88 Å². The minimum Gasteiger partial charge on any atom is -0.473 e. The Bertz CT molecular complexity index is 950. The van der Waals surface area contributed by atoms with Crippen molar-refractivity contribution >= 4 is 16.7 Å². The summed E-state index contributed by atoms with van der Waals surface area (Å²) in [6.07, 6.45) is 7.80. The highest BCUT2D eigenvalue weighted by Gasteiger charge is 2.33. The summed E-state index contributed by atoms with van der Waals surface area (Å²) in [4.78, 5) is 13.8. The largest absolute Gasteiger partial charge is 0.473 e. The predicted octanol–water partition coefficient (Wildman–Crippen LogP) is 3.51. The van der Waals surface area contributed by atoms with Crippen molar-refractivity contribution in [1.82, 2.24) is 20.3 Å². The maximum Gasteiger partial charge on any atom is 0.236 e. The molecule has 144 valence electrons. The second-order valence-electron chi connectivity index (χ2n) is 7.71. The van der Waals surface area contributed by atoms with Crippen LogP contribution in [-0.2, 0) is 0 Å². The van der Waals surface area contributed by atoms with E-state index in [4.69, 9.17) is 9.72 Å². The molecule has 0 unspecified atom stereocenters. The lowest BCUT2D eigenvalue weighted by Crippen LogP contribution is -2.43. The van der Waals surface area contributed by atoms with Crippen LogP contribution >= 0.6 is 0 Å². The lowest BCUT2D eigenvalue weighted by Gasteiger charge is -2.36. The van der Waals surface area contributed by atoms with Gasteiger partial charge in [0.1, 0.15) is 17.6 Å². The van der Waals surface area contributed by atoms with Crippen LogP contribution in [0.3, 0.4) is 0 Å². The normalized spacial score (nSPS) is 22.6. The van der Waals surface area contributed by atoms with E-state index in [2.05, 4.69) is 38.8 Å². The summed E-state index contributed by atoms with van der Waals surface area (Å²) in [5.74, 6) is 2.10. The minimum atomic E-state index is 0.190. The number of hydrogen-bond acceptors (Lipinski definition) is 6. The number of fused-ring (bicyclic) bond motifs is 1. The Morgan fingerprint density at radius 3 is 2.68 bits per heavy atom. The third-order valence-electron chi connectivity index (χ3n) is 5.74. The molecule has 6 heteroatoms. The molecule has 0 radical (unpaired) electrons. The summed E-state index contributed by atoms with van der Waals surface area (Å²) in [6.45, 7) is 2.07. The van der Waals surface area contributed by atoms with E-state index in [9.17, 15) is 0 Å². The quantitative estimate of drug-likeness (QED) is 0.711. The second kappa shape index (κ2) is 7.72.